The molecule has 1 aliphatic heterocycles. The summed E-state index contributed by atoms with van der Waals surface area (Å²) in [5.74, 6) is -0.449. The SMILES string of the molecule is CN1CCN(c2ccc(C(=O)/C=C/c3ccccc3F)cc2)CC1. The van der Waals surface area contributed by atoms with Gasteiger partial charge in [0.15, 0.2) is 5.78 Å². The van der Waals surface area contributed by atoms with Crippen molar-refractivity contribution in [2.75, 3.05) is 38.1 Å². The third-order valence-electron chi connectivity index (χ3n) is 4.34. The van der Waals surface area contributed by atoms with Gasteiger partial charge in [-0.2, -0.15) is 0 Å². The minimum atomic E-state index is -0.327. The van der Waals surface area contributed by atoms with Crippen molar-refractivity contribution in [1.82, 2.24) is 4.90 Å². The second-order valence-corrected chi connectivity index (χ2v) is 6.06. The van der Waals surface area contributed by atoms with Crippen molar-refractivity contribution >= 4 is 17.5 Å². The normalized spacial score (nSPS) is 15.8. The molecule has 3 rings (SSSR count). The number of carbonyl (C=O) groups excluding carboxylic acids is 1. The zero-order valence-corrected chi connectivity index (χ0v) is 13.8. The Hall–Kier alpha value is -2.46. The third-order valence-corrected chi connectivity index (χ3v) is 4.34. The van der Waals surface area contributed by atoms with Gasteiger partial charge in [-0.25, -0.2) is 4.39 Å². The molecule has 0 amide bonds. The number of nitrogens with zero attached hydrogens (tertiary/aromatic N) is 2. The molecule has 4 heteroatoms. The van der Waals surface area contributed by atoms with Crippen molar-refractivity contribution in [3.05, 3.63) is 71.6 Å². The molecule has 0 saturated carbocycles. The van der Waals surface area contributed by atoms with Gasteiger partial charge in [0, 0.05) is 43.0 Å². The van der Waals surface area contributed by atoms with Gasteiger partial charge in [-0.1, -0.05) is 18.2 Å². The van der Waals surface area contributed by atoms with Crippen LogP contribution in [0.3, 0.4) is 0 Å². The minimum Gasteiger partial charge on any atom is -0.369 e. The summed E-state index contributed by atoms with van der Waals surface area (Å²) >= 11 is 0. The van der Waals surface area contributed by atoms with Crippen LogP contribution in [-0.2, 0) is 0 Å². The summed E-state index contributed by atoms with van der Waals surface area (Å²) in [5, 5.41) is 0. The highest BCUT2D eigenvalue weighted by Gasteiger charge is 2.14. The lowest BCUT2D eigenvalue weighted by Crippen LogP contribution is -2.44. The predicted molar refractivity (Wildman–Crippen MR) is 95.9 cm³/mol. The Morgan fingerprint density at radius 1 is 1.00 bits per heavy atom. The Labute approximate surface area is 142 Å². The van der Waals surface area contributed by atoms with Gasteiger partial charge in [0.1, 0.15) is 5.82 Å². The molecule has 0 radical (unpaired) electrons. The van der Waals surface area contributed by atoms with Crippen LogP contribution in [-0.4, -0.2) is 43.9 Å². The molecule has 24 heavy (non-hydrogen) atoms. The van der Waals surface area contributed by atoms with Crippen molar-refractivity contribution < 1.29 is 9.18 Å². The minimum absolute atomic E-state index is 0.122. The molecule has 124 valence electrons. The van der Waals surface area contributed by atoms with E-state index in [0.29, 0.717) is 11.1 Å². The monoisotopic (exact) mass is 324 g/mol. The molecule has 0 unspecified atom stereocenters. The molecule has 2 aromatic rings. The lowest BCUT2D eigenvalue weighted by atomic mass is 10.1. The number of allylic oxidation sites excluding steroid dienone is 1. The first kappa shape index (κ1) is 16.4. The van der Waals surface area contributed by atoms with E-state index in [1.165, 1.54) is 18.2 Å². The fourth-order valence-electron chi connectivity index (χ4n) is 2.77. The molecule has 1 aliphatic rings. The molecule has 0 aliphatic carbocycles. The molecule has 1 fully saturated rings. The molecule has 2 aromatic carbocycles. The van der Waals surface area contributed by atoms with Crippen molar-refractivity contribution in [1.29, 1.82) is 0 Å². The van der Waals surface area contributed by atoms with Gasteiger partial charge in [0.05, 0.1) is 0 Å². The summed E-state index contributed by atoms with van der Waals surface area (Å²) in [6.07, 6.45) is 2.94. The second-order valence-electron chi connectivity index (χ2n) is 6.06. The summed E-state index contributed by atoms with van der Waals surface area (Å²) in [7, 11) is 2.13. The van der Waals surface area contributed by atoms with E-state index in [9.17, 15) is 9.18 Å². The van der Waals surface area contributed by atoms with Crippen LogP contribution < -0.4 is 4.90 Å². The van der Waals surface area contributed by atoms with Crippen LogP contribution >= 0.6 is 0 Å². The smallest absolute Gasteiger partial charge is 0.185 e. The van der Waals surface area contributed by atoms with E-state index in [1.807, 2.05) is 24.3 Å². The number of likely N-dealkylation sites (N-methyl/N-ethyl adjacent to an activating group) is 1. The maximum Gasteiger partial charge on any atom is 0.185 e. The molecule has 0 bridgehead atoms. The number of hydrogen-bond donors (Lipinski definition) is 0. The van der Waals surface area contributed by atoms with E-state index in [2.05, 4.69) is 16.8 Å². The summed E-state index contributed by atoms with van der Waals surface area (Å²) in [6.45, 7) is 4.09. The Balaban J connectivity index is 1.67. The largest absolute Gasteiger partial charge is 0.369 e. The van der Waals surface area contributed by atoms with Crippen molar-refractivity contribution in [2.45, 2.75) is 0 Å². The first-order chi connectivity index (χ1) is 11.6. The van der Waals surface area contributed by atoms with Crippen LogP contribution in [0, 0.1) is 5.82 Å². The van der Waals surface area contributed by atoms with Gasteiger partial charge in [-0.15, -0.1) is 0 Å². The summed E-state index contributed by atoms with van der Waals surface area (Å²) in [4.78, 5) is 16.9. The third kappa shape index (κ3) is 3.89. The Kier molecular flexibility index (Phi) is 5.06. The summed E-state index contributed by atoms with van der Waals surface area (Å²) < 4.78 is 13.6. The van der Waals surface area contributed by atoms with Crippen LogP contribution in [0.2, 0.25) is 0 Å². The van der Waals surface area contributed by atoms with Gasteiger partial charge in [-0.3, -0.25) is 4.79 Å². The van der Waals surface area contributed by atoms with Crippen molar-refractivity contribution in [3.8, 4) is 0 Å². The van der Waals surface area contributed by atoms with E-state index in [1.54, 1.807) is 18.2 Å². The topological polar surface area (TPSA) is 23.6 Å². The standard InChI is InChI=1S/C20H21FN2O/c1-22-12-14-23(15-13-22)18-9-6-17(7-10-18)20(24)11-8-16-4-2-3-5-19(16)21/h2-11H,12-15H2,1H3/b11-8+. The van der Waals surface area contributed by atoms with Crippen LogP contribution in [0.15, 0.2) is 54.6 Å². The zero-order valence-electron chi connectivity index (χ0n) is 13.8. The van der Waals surface area contributed by atoms with E-state index < -0.39 is 0 Å². The first-order valence-electron chi connectivity index (χ1n) is 8.14. The van der Waals surface area contributed by atoms with Gasteiger partial charge < -0.3 is 9.80 Å². The summed E-state index contributed by atoms with van der Waals surface area (Å²) in [5.41, 5.74) is 2.16. The molecule has 0 spiro atoms. The van der Waals surface area contributed by atoms with Gasteiger partial charge >= 0.3 is 0 Å². The van der Waals surface area contributed by atoms with Crippen LogP contribution in [0.5, 0.6) is 0 Å². The highest BCUT2D eigenvalue weighted by atomic mass is 19.1. The van der Waals surface area contributed by atoms with Crippen LogP contribution in [0.25, 0.3) is 6.08 Å². The second kappa shape index (κ2) is 7.41. The molecule has 0 N–H and O–H groups in total. The summed E-state index contributed by atoms with van der Waals surface area (Å²) in [6, 6.07) is 14.0. The van der Waals surface area contributed by atoms with Crippen LogP contribution in [0.4, 0.5) is 10.1 Å². The number of benzene rings is 2. The number of rotatable bonds is 4. The van der Waals surface area contributed by atoms with Gasteiger partial charge in [-0.05, 0) is 49.5 Å². The maximum atomic E-state index is 13.6. The number of carbonyl (C=O) groups is 1. The van der Waals surface area contributed by atoms with Gasteiger partial charge in [0.25, 0.3) is 0 Å². The Bertz CT molecular complexity index is 732. The highest BCUT2D eigenvalue weighted by Crippen LogP contribution is 2.18. The fraction of sp³-hybridized carbons (Fsp3) is 0.250. The Morgan fingerprint density at radius 2 is 1.67 bits per heavy atom. The lowest BCUT2D eigenvalue weighted by Gasteiger charge is -2.34. The molecule has 0 atom stereocenters. The van der Waals surface area contributed by atoms with E-state index in [4.69, 9.17) is 0 Å². The number of ketones is 1. The fourth-order valence-corrected chi connectivity index (χ4v) is 2.77. The molecule has 1 saturated heterocycles. The average Bonchev–Trinajstić information content (AvgIpc) is 2.62. The van der Waals surface area contributed by atoms with E-state index >= 15 is 0 Å². The first-order valence-corrected chi connectivity index (χ1v) is 8.14. The number of halogens is 1. The van der Waals surface area contributed by atoms with E-state index in [0.717, 1.165) is 31.9 Å². The van der Waals surface area contributed by atoms with Crippen molar-refractivity contribution in [2.24, 2.45) is 0 Å². The predicted octanol–water partition coefficient (Wildman–Crippen LogP) is 3.47. The van der Waals surface area contributed by atoms with Gasteiger partial charge in [0.2, 0.25) is 0 Å². The Morgan fingerprint density at radius 3 is 2.33 bits per heavy atom. The number of hydrogen-bond acceptors (Lipinski definition) is 3. The lowest BCUT2D eigenvalue weighted by molar-refractivity contribution is 0.104. The molecule has 1 heterocycles. The number of piperazine rings is 1. The molecular weight excluding hydrogens is 303 g/mol. The average molecular weight is 324 g/mol. The van der Waals surface area contributed by atoms with E-state index in [-0.39, 0.29) is 11.6 Å². The zero-order chi connectivity index (χ0) is 16.9. The van der Waals surface area contributed by atoms with Crippen LogP contribution in [0.1, 0.15) is 15.9 Å². The highest BCUT2D eigenvalue weighted by molar-refractivity contribution is 6.07. The molecule has 3 nitrogen and oxygen atoms in total. The molecular formula is C20H21FN2O. The number of anilines is 1. The van der Waals surface area contributed by atoms with Crippen molar-refractivity contribution in [3.63, 3.8) is 0 Å². The molecule has 0 aromatic heterocycles. The maximum absolute atomic E-state index is 13.6. The quantitative estimate of drug-likeness (QED) is 0.635.